The quantitative estimate of drug-likeness (QED) is 0.792. The molecule has 2 rings (SSSR count). The summed E-state index contributed by atoms with van der Waals surface area (Å²) in [6.07, 6.45) is 2.84. The molecule has 0 bridgehead atoms. The molecule has 0 saturated heterocycles. The van der Waals surface area contributed by atoms with E-state index in [1.165, 1.54) is 4.52 Å². The van der Waals surface area contributed by atoms with Gasteiger partial charge in [-0.25, -0.2) is 4.79 Å². The molecular formula is C14H20BrN5O3. The van der Waals surface area contributed by atoms with Gasteiger partial charge in [0, 0.05) is 0 Å². The third-order valence-electron chi connectivity index (χ3n) is 2.65. The fraction of sp³-hybridized carbons (Fsp3) is 0.571. The van der Waals surface area contributed by atoms with Crippen LogP contribution in [0.1, 0.15) is 40.5 Å². The minimum Gasteiger partial charge on any atom is -0.463 e. The van der Waals surface area contributed by atoms with Crippen LogP contribution in [0, 0.1) is 0 Å². The van der Waals surface area contributed by atoms with E-state index in [0.29, 0.717) is 16.7 Å². The van der Waals surface area contributed by atoms with Gasteiger partial charge in [-0.15, -0.1) is 0 Å². The number of anilines is 1. The highest BCUT2D eigenvalue weighted by atomic mass is 79.9. The first-order valence-electron chi connectivity index (χ1n) is 7.34. The minimum absolute atomic E-state index is 0.179. The summed E-state index contributed by atoms with van der Waals surface area (Å²) < 4.78 is 12.8. The molecule has 8 nitrogen and oxygen atoms in total. The molecule has 9 heteroatoms. The summed E-state index contributed by atoms with van der Waals surface area (Å²) in [6, 6.07) is 0.179. The molecule has 1 amide bonds. The van der Waals surface area contributed by atoms with Crippen LogP contribution in [-0.2, 0) is 4.74 Å². The maximum atomic E-state index is 12.0. The second-order valence-electron chi connectivity index (χ2n) is 5.89. The number of amides is 1. The normalized spacial score (nSPS) is 11.5. The molecule has 0 aliphatic carbocycles. The number of hydrogen-bond donors (Lipinski definition) is 1. The lowest BCUT2D eigenvalue weighted by atomic mass is 10.2. The molecule has 0 fully saturated rings. The average molecular weight is 386 g/mol. The number of carbonyl (C=O) groups is 1. The van der Waals surface area contributed by atoms with Crippen LogP contribution in [-0.4, -0.2) is 37.9 Å². The molecule has 0 aliphatic heterocycles. The summed E-state index contributed by atoms with van der Waals surface area (Å²) in [6.45, 7) is 7.92. The van der Waals surface area contributed by atoms with Gasteiger partial charge >= 0.3 is 12.1 Å². The molecule has 0 spiro atoms. The number of aromatic nitrogens is 4. The molecule has 0 aliphatic rings. The number of rotatable bonds is 5. The summed E-state index contributed by atoms with van der Waals surface area (Å²) in [4.78, 5) is 20.4. The third-order valence-corrected chi connectivity index (χ3v) is 3.21. The van der Waals surface area contributed by atoms with E-state index < -0.39 is 11.7 Å². The first-order chi connectivity index (χ1) is 10.8. The molecule has 0 atom stereocenters. The monoisotopic (exact) mass is 385 g/mol. The molecule has 1 N–H and O–H groups in total. The van der Waals surface area contributed by atoms with Crippen LogP contribution in [0.15, 0.2) is 10.7 Å². The van der Waals surface area contributed by atoms with Crippen molar-refractivity contribution in [3.8, 4) is 6.01 Å². The Morgan fingerprint density at radius 1 is 1.39 bits per heavy atom. The lowest BCUT2D eigenvalue weighted by molar-refractivity contribution is 0.0634. The molecule has 2 aromatic rings. The van der Waals surface area contributed by atoms with Gasteiger partial charge in [-0.2, -0.15) is 19.6 Å². The Labute approximate surface area is 142 Å². The van der Waals surface area contributed by atoms with Gasteiger partial charge in [0.25, 0.3) is 0 Å². The number of halogens is 1. The third kappa shape index (κ3) is 4.78. The molecule has 0 radical (unpaired) electrons. The summed E-state index contributed by atoms with van der Waals surface area (Å²) in [5.41, 5.74) is -0.112. The van der Waals surface area contributed by atoms with E-state index in [1.807, 2.05) is 0 Å². The van der Waals surface area contributed by atoms with Crippen LogP contribution in [0.5, 0.6) is 6.01 Å². The maximum absolute atomic E-state index is 12.0. The number of nitrogens with one attached hydrogen (secondary N) is 1. The fourth-order valence-electron chi connectivity index (χ4n) is 1.68. The fourth-order valence-corrected chi connectivity index (χ4v) is 2.03. The summed E-state index contributed by atoms with van der Waals surface area (Å²) in [5, 5.41) is 6.70. The lowest BCUT2D eigenvalue weighted by Gasteiger charge is -2.19. The number of ether oxygens (including phenoxy) is 2. The van der Waals surface area contributed by atoms with Gasteiger partial charge in [0.05, 0.1) is 17.3 Å². The van der Waals surface area contributed by atoms with Crippen LogP contribution in [0.25, 0.3) is 5.65 Å². The standard InChI is InChI=1S/C14H20BrN5O3/c1-5-6-7-22-12-17-10-9(15)8-16-20(10)11(18-12)19-13(21)23-14(2,3)4/h8H,5-7H2,1-4H3,(H,17,18,19,21). The Bertz CT molecular complexity index is 696. The predicted octanol–water partition coefficient (Wildman–Crippen LogP) is 3.41. The molecular weight excluding hydrogens is 366 g/mol. The van der Waals surface area contributed by atoms with Gasteiger partial charge in [0.15, 0.2) is 5.65 Å². The largest absolute Gasteiger partial charge is 0.463 e. The van der Waals surface area contributed by atoms with Crippen molar-refractivity contribution in [3.63, 3.8) is 0 Å². The Hall–Kier alpha value is -1.90. The van der Waals surface area contributed by atoms with E-state index >= 15 is 0 Å². The van der Waals surface area contributed by atoms with Crippen LogP contribution in [0.4, 0.5) is 10.7 Å². The number of nitrogens with zero attached hydrogens (tertiary/aromatic N) is 4. The first-order valence-corrected chi connectivity index (χ1v) is 8.13. The minimum atomic E-state index is -0.622. The highest BCUT2D eigenvalue weighted by molar-refractivity contribution is 9.10. The molecule has 2 heterocycles. The van der Waals surface area contributed by atoms with E-state index in [2.05, 4.69) is 43.2 Å². The van der Waals surface area contributed by atoms with Crippen LogP contribution >= 0.6 is 15.9 Å². The average Bonchev–Trinajstić information content (AvgIpc) is 2.79. The number of unbranched alkanes of at least 4 members (excludes halogenated alkanes) is 1. The van der Waals surface area contributed by atoms with Gasteiger partial charge in [-0.3, -0.25) is 5.32 Å². The summed E-state index contributed by atoms with van der Waals surface area (Å²) in [7, 11) is 0. The molecule has 0 aromatic carbocycles. The second kappa shape index (κ2) is 7.12. The predicted molar refractivity (Wildman–Crippen MR) is 88.7 cm³/mol. The van der Waals surface area contributed by atoms with E-state index in [0.717, 1.165) is 12.8 Å². The van der Waals surface area contributed by atoms with Crippen LogP contribution < -0.4 is 10.1 Å². The van der Waals surface area contributed by atoms with E-state index in [4.69, 9.17) is 9.47 Å². The van der Waals surface area contributed by atoms with Crippen molar-refractivity contribution in [2.24, 2.45) is 0 Å². The van der Waals surface area contributed by atoms with Crippen molar-refractivity contribution < 1.29 is 14.3 Å². The van der Waals surface area contributed by atoms with E-state index in [1.54, 1.807) is 27.0 Å². The van der Waals surface area contributed by atoms with Crippen molar-refractivity contribution in [2.45, 2.75) is 46.1 Å². The van der Waals surface area contributed by atoms with Crippen molar-refractivity contribution in [3.05, 3.63) is 10.7 Å². The van der Waals surface area contributed by atoms with Crippen LogP contribution in [0.2, 0.25) is 0 Å². The zero-order valence-electron chi connectivity index (χ0n) is 13.6. The van der Waals surface area contributed by atoms with Crippen molar-refractivity contribution in [1.82, 2.24) is 19.6 Å². The van der Waals surface area contributed by atoms with Gasteiger partial charge in [-0.1, -0.05) is 13.3 Å². The van der Waals surface area contributed by atoms with E-state index in [-0.39, 0.29) is 12.0 Å². The number of carbonyl (C=O) groups excluding carboxylic acids is 1. The second-order valence-corrected chi connectivity index (χ2v) is 6.74. The molecule has 2 aromatic heterocycles. The highest BCUT2D eigenvalue weighted by Crippen LogP contribution is 2.21. The Balaban J connectivity index is 2.27. The van der Waals surface area contributed by atoms with Crippen molar-refractivity contribution in [2.75, 3.05) is 11.9 Å². The van der Waals surface area contributed by atoms with Crippen LogP contribution in [0.3, 0.4) is 0 Å². The van der Waals surface area contributed by atoms with E-state index in [9.17, 15) is 4.79 Å². The first kappa shape index (κ1) is 17.5. The van der Waals surface area contributed by atoms with Crippen molar-refractivity contribution in [1.29, 1.82) is 0 Å². The molecule has 126 valence electrons. The van der Waals surface area contributed by atoms with Crippen molar-refractivity contribution >= 4 is 33.6 Å². The van der Waals surface area contributed by atoms with Gasteiger partial charge in [-0.05, 0) is 43.1 Å². The Morgan fingerprint density at radius 3 is 2.78 bits per heavy atom. The SMILES string of the molecule is CCCCOc1nc(NC(=O)OC(C)(C)C)n2ncc(Br)c2n1. The zero-order chi connectivity index (χ0) is 17.0. The smallest absolute Gasteiger partial charge is 0.414 e. The molecule has 0 saturated carbocycles. The Kier molecular flexibility index (Phi) is 5.40. The number of hydrogen-bond acceptors (Lipinski definition) is 6. The lowest BCUT2D eigenvalue weighted by Crippen LogP contribution is -2.28. The zero-order valence-corrected chi connectivity index (χ0v) is 15.2. The highest BCUT2D eigenvalue weighted by Gasteiger charge is 2.19. The number of fused-ring (bicyclic) bond motifs is 1. The van der Waals surface area contributed by atoms with Gasteiger partial charge in [0.2, 0.25) is 5.95 Å². The Morgan fingerprint density at radius 2 is 2.13 bits per heavy atom. The maximum Gasteiger partial charge on any atom is 0.414 e. The molecule has 0 unspecified atom stereocenters. The topological polar surface area (TPSA) is 90.6 Å². The summed E-state index contributed by atoms with van der Waals surface area (Å²) in [5.74, 6) is 0.182. The summed E-state index contributed by atoms with van der Waals surface area (Å²) >= 11 is 3.36. The molecule has 23 heavy (non-hydrogen) atoms. The van der Waals surface area contributed by atoms with Gasteiger partial charge in [0.1, 0.15) is 5.60 Å². The van der Waals surface area contributed by atoms with Gasteiger partial charge < -0.3 is 9.47 Å².